The van der Waals surface area contributed by atoms with Crippen LogP contribution in [0, 0.1) is 11.3 Å². The second-order valence-electron chi connectivity index (χ2n) is 8.84. The van der Waals surface area contributed by atoms with Crippen LogP contribution in [0.1, 0.15) is 77.0 Å². The van der Waals surface area contributed by atoms with E-state index in [-0.39, 0.29) is 5.91 Å². The molecule has 27 heavy (non-hydrogen) atoms. The van der Waals surface area contributed by atoms with Crippen LogP contribution >= 0.6 is 0 Å². The summed E-state index contributed by atoms with van der Waals surface area (Å²) < 4.78 is 7.17. The number of hydrogen-bond donors (Lipinski definition) is 1. The maximum absolute atomic E-state index is 13.4. The fourth-order valence-electron chi connectivity index (χ4n) is 5.75. The van der Waals surface area contributed by atoms with E-state index in [0.29, 0.717) is 31.5 Å². The molecular weight excluding hydrogens is 342 g/mol. The minimum atomic E-state index is -0.704. The molecule has 2 saturated carbocycles. The Morgan fingerprint density at radius 3 is 2.41 bits per heavy atom. The molecule has 1 aliphatic heterocycles. The van der Waals surface area contributed by atoms with E-state index >= 15 is 0 Å². The van der Waals surface area contributed by atoms with Gasteiger partial charge in [0, 0.05) is 32.6 Å². The van der Waals surface area contributed by atoms with Crippen LogP contribution in [0.5, 0.6) is 0 Å². The lowest BCUT2D eigenvalue weighted by Crippen LogP contribution is -2.55. The highest BCUT2D eigenvalue weighted by Crippen LogP contribution is 2.48. The maximum Gasteiger partial charge on any atom is 0.248 e. The molecule has 7 nitrogen and oxygen atoms in total. The normalized spacial score (nSPS) is 25.8. The minimum absolute atomic E-state index is 0.0684. The predicted molar refractivity (Wildman–Crippen MR) is 101 cm³/mol. The van der Waals surface area contributed by atoms with Crippen LogP contribution in [0.3, 0.4) is 0 Å². The van der Waals surface area contributed by atoms with Crippen LogP contribution < -0.4 is 5.32 Å². The van der Waals surface area contributed by atoms with E-state index < -0.39 is 5.54 Å². The lowest BCUT2D eigenvalue weighted by atomic mass is 9.61. The van der Waals surface area contributed by atoms with Gasteiger partial charge in [0.2, 0.25) is 5.91 Å². The van der Waals surface area contributed by atoms with E-state index in [4.69, 9.17) is 4.74 Å². The van der Waals surface area contributed by atoms with Crippen LogP contribution in [-0.2, 0) is 15.1 Å². The second-order valence-corrected chi connectivity index (χ2v) is 8.84. The summed E-state index contributed by atoms with van der Waals surface area (Å²) in [5.41, 5.74) is -0.411. The van der Waals surface area contributed by atoms with Gasteiger partial charge in [0.15, 0.2) is 0 Å². The highest BCUT2D eigenvalue weighted by molar-refractivity contribution is 5.84. The number of amides is 1. The van der Waals surface area contributed by atoms with Crippen molar-refractivity contribution in [1.82, 2.24) is 25.5 Å². The standard InChI is InChI=1S/C20H33N5O2/c26-18(20(11-13-27-14-12-20)25-16-22-23-24-25)21-15-19(9-5-2-6-10-19)17-7-3-1-4-8-17/h16-17H,1-15H2,(H,21,26). The first-order chi connectivity index (χ1) is 13.3. The molecule has 150 valence electrons. The first-order valence-corrected chi connectivity index (χ1v) is 10.8. The van der Waals surface area contributed by atoms with Crippen molar-refractivity contribution in [2.45, 2.75) is 82.6 Å². The van der Waals surface area contributed by atoms with Crippen molar-refractivity contribution < 1.29 is 9.53 Å². The third-order valence-electron chi connectivity index (χ3n) is 7.45. The quantitative estimate of drug-likeness (QED) is 0.856. The van der Waals surface area contributed by atoms with Crippen molar-refractivity contribution in [2.24, 2.45) is 11.3 Å². The van der Waals surface area contributed by atoms with Gasteiger partial charge in [-0.3, -0.25) is 4.79 Å². The van der Waals surface area contributed by atoms with Crippen LogP contribution in [0.25, 0.3) is 0 Å². The number of rotatable bonds is 5. The molecule has 2 aliphatic carbocycles. The summed E-state index contributed by atoms with van der Waals surface area (Å²) in [4.78, 5) is 13.4. The number of carbonyl (C=O) groups is 1. The third-order valence-corrected chi connectivity index (χ3v) is 7.45. The zero-order valence-electron chi connectivity index (χ0n) is 16.4. The van der Waals surface area contributed by atoms with Crippen molar-refractivity contribution in [3.05, 3.63) is 6.33 Å². The third kappa shape index (κ3) is 3.75. The van der Waals surface area contributed by atoms with Gasteiger partial charge in [-0.05, 0) is 47.4 Å². The summed E-state index contributed by atoms with van der Waals surface area (Å²) in [6.45, 7) is 1.95. The van der Waals surface area contributed by atoms with Crippen molar-refractivity contribution in [1.29, 1.82) is 0 Å². The van der Waals surface area contributed by atoms with E-state index in [9.17, 15) is 4.79 Å². The summed E-state index contributed by atoms with van der Waals surface area (Å²) in [6.07, 6.45) is 16.1. The Labute approximate surface area is 161 Å². The smallest absolute Gasteiger partial charge is 0.248 e. The van der Waals surface area contributed by atoms with E-state index in [0.717, 1.165) is 12.5 Å². The van der Waals surface area contributed by atoms with E-state index in [2.05, 4.69) is 20.8 Å². The number of aromatic nitrogens is 4. The predicted octanol–water partition coefficient (Wildman–Crippen LogP) is 2.83. The van der Waals surface area contributed by atoms with E-state index in [1.54, 1.807) is 11.0 Å². The van der Waals surface area contributed by atoms with Gasteiger partial charge in [0.05, 0.1) is 0 Å². The van der Waals surface area contributed by atoms with Crippen molar-refractivity contribution in [2.75, 3.05) is 19.8 Å². The van der Waals surface area contributed by atoms with Crippen LogP contribution in [-0.4, -0.2) is 45.9 Å². The second kappa shape index (κ2) is 8.25. The first kappa shape index (κ1) is 18.8. The molecule has 1 saturated heterocycles. The Morgan fingerprint density at radius 2 is 1.74 bits per heavy atom. The fourth-order valence-corrected chi connectivity index (χ4v) is 5.75. The molecule has 1 aromatic heterocycles. The van der Waals surface area contributed by atoms with Gasteiger partial charge < -0.3 is 10.1 Å². The number of nitrogens with zero attached hydrogens (tertiary/aromatic N) is 4. The average molecular weight is 376 g/mol. The number of carbonyl (C=O) groups excluding carboxylic acids is 1. The molecule has 7 heteroatoms. The molecule has 2 heterocycles. The molecule has 0 bridgehead atoms. The molecule has 1 N–H and O–H groups in total. The minimum Gasteiger partial charge on any atom is -0.381 e. The van der Waals surface area contributed by atoms with Gasteiger partial charge in [0.1, 0.15) is 11.9 Å². The Hall–Kier alpha value is -1.50. The first-order valence-electron chi connectivity index (χ1n) is 10.8. The fraction of sp³-hybridized carbons (Fsp3) is 0.900. The highest BCUT2D eigenvalue weighted by atomic mass is 16.5. The van der Waals surface area contributed by atoms with Crippen LogP contribution in [0.4, 0.5) is 0 Å². The van der Waals surface area contributed by atoms with Gasteiger partial charge in [-0.2, -0.15) is 0 Å². The topological polar surface area (TPSA) is 81.9 Å². The molecule has 4 rings (SSSR count). The number of tetrazole rings is 1. The molecule has 0 atom stereocenters. The Morgan fingerprint density at radius 1 is 1.04 bits per heavy atom. The average Bonchev–Trinajstić information content (AvgIpc) is 3.29. The molecule has 3 fully saturated rings. The largest absolute Gasteiger partial charge is 0.381 e. The van der Waals surface area contributed by atoms with Gasteiger partial charge in [-0.15, -0.1) is 5.10 Å². The Bertz CT molecular complexity index is 600. The van der Waals surface area contributed by atoms with Gasteiger partial charge in [0.25, 0.3) is 0 Å². The molecular formula is C20H33N5O2. The summed E-state index contributed by atoms with van der Waals surface area (Å²) in [7, 11) is 0. The Kier molecular flexibility index (Phi) is 5.76. The van der Waals surface area contributed by atoms with E-state index in [1.165, 1.54) is 64.2 Å². The van der Waals surface area contributed by atoms with Crippen LogP contribution in [0.2, 0.25) is 0 Å². The molecule has 1 aromatic rings. The van der Waals surface area contributed by atoms with Gasteiger partial charge in [-0.25, -0.2) is 4.68 Å². The van der Waals surface area contributed by atoms with Crippen molar-refractivity contribution in [3.63, 3.8) is 0 Å². The summed E-state index contributed by atoms with van der Waals surface area (Å²) in [5.74, 6) is 0.837. The molecule has 0 spiro atoms. The Balaban J connectivity index is 1.50. The lowest BCUT2D eigenvalue weighted by molar-refractivity contribution is -0.137. The molecule has 0 unspecified atom stereocenters. The number of ether oxygens (including phenoxy) is 1. The van der Waals surface area contributed by atoms with Crippen molar-refractivity contribution >= 4 is 5.91 Å². The highest BCUT2D eigenvalue weighted by Gasteiger charge is 2.45. The summed E-state index contributed by atoms with van der Waals surface area (Å²) >= 11 is 0. The zero-order chi connectivity index (χ0) is 18.6. The number of nitrogens with one attached hydrogen (secondary N) is 1. The number of hydrogen-bond acceptors (Lipinski definition) is 5. The van der Waals surface area contributed by atoms with Crippen molar-refractivity contribution in [3.8, 4) is 0 Å². The maximum atomic E-state index is 13.4. The summed E-state index contributed by atoms with van der Waals surface area (Å²) in [5, 5.41) is 15.0. The molecule has 1 amide bonds. The zero-order valence-corrected chi connectivity index (χ0v) is 16.4. The molecule has 3 aliphatic rings. The molecule has 0 radical (unpaired) electrons. The monoisotopic (exact) mass is 375 g/mol. The van der Waals surface area contributed by atoms with Gasteiger partial charge >= 0.3 is 0 Å². The van der Waals surface area contributed by atoms with Gasteiger partial charge in [-0.1, -0.05) is 38.5 Å². The molecule has 0 aromatic carbocycles. The van der Waals surface area contributed by atoms with Crippen LogP contribution in [0.15, 0.2) is 6.33 Å². The summed E-state index contributed by atoms with van der Waals surface area (Å²) in [6, 6.07) is 0. The lowest BCUT2D eigenvalue weighted by Gasteiger charge is -2.46. The SMILES string of the molecule is O=C(NCC1(C2CCCCC2)CCCCC1)C1(n2cnnn2)CCOCC1. The van der Waals surface area contributed by atoms with E-state index in [1.807, 2.05) is 0 Å².